The van der Waals surface area contributed by atoms with E-state index in [1.165, 1.54) is 6.42 Å². The van der Waals surface area contributed by atoms with E-state index in [1.54, 1.807) is 0 Å². The van der Waals surface area contributed by atoms with Gasteiger partial charge < -0.3 is 16.0 Å². The Morgan fingerprint density at radius 2 is 1.86 bits per heavy atom. The van der Waals surface area contributed by atoms with Gasteiger partial charge in [-0.05, 0) is 44.6 Å². The second kappa shape index (κ2) is 10.6. The zero-order valence-electron chi connectivity index (χ0n) is 13.4. The van der Waals surface area contributed by atoms with Crippen LogP contribution in [0.1, 0.15) is 58.3 Å². The second-order valence-electron chi connectivity index (χ2n) is 5.93. The first-order valence-corrected chi connectivity index (χ1v) is 8.42. The number of piperidine rings is 1. The molecule has 3 N–H and O–H groups in total. The standard InChI is InChI=1S/C16H31N3O2/c1-2-14(8-10-17)6-7-15(20)18-11-9-16(21)19-12-4-3-5-13-19/h14H,2-13,17H2,1H3,(H,18,20). The van der Waals surface area contributed by atoms with Crippen molar-refractivity contribution >= 4 is 11.8 Å². The minimum atomic E-state index is 0.0527. The molecule has 1 saturated heterocycles. The molecule has 1 unspecified atom stereocenters. The summed E-state index contributed by atoms with van der Waals surface area (Å²) >= 11 is 0. The van der Waals surface area contributed by atoms with E-state index < -0.39 is 0 Å². The van der Waals surface area contributed by atoms with Crippen LogP contribution in [-0.4, -0.2) is 42.9 Å². The van der Waals surface area contributed by atoms with E-state index in [0.717, 1.165) is 45.2 Å². The van der Waals surface area contributed by atoms with E-state index >= 15 is 0 Å². The number of hydrogen-bond donors (Lipinski definition) is 2. The van der Waals surface area contributed by atoms with Crippen LogP contribution in [0.5, 0.6) is 0 Å². The lowest BCUT2D eigenvalue weighted by Crippen LogP contribution is -2.37. The first-order valence-electron chi connectivity index (χ1n) is 8.42. The monoisotopic (exact) mass is 297 g/mol. The largest absolute Gasteiger partial charge is 0.356 e. The molecule has 0 bridgehead atoms. The average molecular weight is 297 g/mol. The summed E-state index contributed by atoms with van der Waals surface area (Å²) in [4.78, 5) is 25.6. The van der Waals surface area contributed by atoms with Gasteiger partial charge in [0.15, 0.2) is 0 Å². The number of likely N-dealkylation sites (tertiary alicyclic amines) is 1. The Morgan fingerprint density at radius 1 is 1.14 bits per heavy atom. The number of hydrogen-bond acceptors (Lipinski definition) is 3. The van der Waals surface area contributed by atoms with E-state index in [1.807, 2.05) is 4.90 Å². The van der Waals surface area contributed by atoms with Crippen molar-refractivity contribution in [2.24, 2.45) is 11.7 Å². The lowest BCUT2D eigenvalue weighted by molar-refractivity contribution is -0.132. The molecule has 1 aliphatic rings. The zero-order valence-corrected chi connectivity index (χ0v) is 13.4. The molecule has 1 atom stereocenters. The molecule has 0 radical (unpaired) electrons. The summed E-state index contributed by atoms with van der Waals surface area (Å²) in [6, 6.07) is 0. The summed E-state index contributed by atoms with van der Waals surface area (Å²) < 4.78 is 0. The fourth-order valence-electron chi connectivity index (χ4n) is 2.82. The Balaban J connectivity index is 2.10. The van der Waals surface area contributed by atoms with Gasteiger partial charge in [0.05, 0.1) is 0 Å². The van der Waals surface area contributed by atoms with Gasteiger partial charge in [-0.25, -0.2) is 0 Å². The van der Waals surface area contributed by atoms with Crippen LogP contribution in [0.25, 0.3) is 0 Å². The third-order valence-electron chi connectivity index (χ3n) is 4.30. The number of amides is 2. The maximum Gasteiger partial charge on any atom is 0.224 e. The molecule has 5 nitrogen and oxygen atoms in total. The van der Waals surface area contributed by atoms with Gasteiger partial charge in [0.2, 0.25) is 11.8 Å². The van der Waals surface area contributed by atoms with Gasteiger partial charge in [-0.3, -0.25) is 9.59 Å². The Labute approximate surface area is 128 Å². The van der Waals surface area contributed by atoms with Crippen molar-refractivity contribution in [3.8, 4) is 0 Å². The van der Waals surface area contributed by atoms with Crippen LogP contribution in [0.4, 0.5) is 0 Å². The van der Waals surface area contributed by atoms with Crippen molar-refractivity contribution in [1.82, 2.24) is 10.2 Å². The van der Waals surface area contributed by atoms with Gasteiger partial charge in [-0.15, -0.1) is 0 Å². The molecular weight excluding hydrogens is 266 g/mol. The Bertz CT molecular complexity index is 315. The summed E-state index contributed by atoms with van der Waals surface area (Å²) in [6.07, 6.45) is 7.34. The molecule has 21 heavy (non-hydrogen) atoms. The molecule has 1 aliphatic heterocycles. The van der Waals surface area contributed by atoms with Crippen molar-refractivity contribution in [3.05, 3.63) is 0 Å². The highest BCUT2D eigenvalue weighted by atomic mass is 16.2. The second-order valence-corrected chi connectivity index (χ2v) is 5.93. The van der Waals surface area contributed by atoms with Gasteiger partial charge in [0, 0.05) is 32.5 Å². The van der Waals surface area contributed by atoms with Crippen LogP contribution < -0.4 is 11.1 Å². The molecule has 1 rings (SSSR count). The van der Waals surface area contributed by atoms with Gasteiger partial charge in [-0.1, -0.05) is 13.3 Å². The number of carbonyl (C=O) groups excluding carboxylic acids is 2. The molecular formula is C16H31N3O2. The molecule has 0 saturated carbocycles. The average Bonchev–Trinajstić information content (AvgIpc) is 2.52. The Hall–Kier alpha value is -1.10. The highest BCUT2D eigenvalue weighted by Crippen LogP contribution is 2.14. The highest BCUT2D eigenvalue weighted by molar-refractivity contribution is 5.79. The topological polar surface area (TPSA) is 75.4 Å². The van der Waals surface area contributed by atoms with Crippen LogP contribution in [0.3, 0.4) is 0 Å². The summed E-state index contributed by atoms with van der Waals surface area (Å²) in [6.45, 7) is 5.04. The predicted molar refractivity (Wildman–Crippen MR) is 84.7 cm³/mol. The number of carbonyl (C=O) groups is 2. The van der Waals surface area contributed by atoms with Crippen molar-refractivity contribution in [2.45, 2.75) is 58.3 Å². The zero-order chi connectivity index (χ0) is 15.5. The van der Waals surface area contributed by atoms with E-state index in [-0.39, 0.29) is 11.8 Å². The van der Waals surface area contributed by atoms with Crippen LogP contribution in [-0.2, 0) is 9.59 Å². The molecule has 122 valence electrons. The van der Waals surface area contributed by atoms with E-state index in [0.29, 0.717) is 31.8 Å². The lowest BCUT2D eigenvalue weighted by atomic mass is 9.96. The van der Waals surface area contributed by atoms with E-state index in [9.17, 15) is 9.59 Å². The minimum Gasteiger partial charge on any atom is -0.356 e. The third-order valence-corrected chi connectivity index (χ3v) is 4.30. The normalized spacial score (nSPS) is 16.6. The molecule has 5 heteroatoms. The molecule has 2 amide bonds. The van der Waals surface area contributed by atoms with Crippen LogP contribution in [0.2, 0.25) is 0 Å². The van der Waals surface area contributed by atoms with Crippen molar-refractivity contribution in [3.63, 3.8) is 0 Å². The number of nitrogens with two attached hydrogens (primary N) is 1. The Morgan fingerprint density at radius 3 is 2.48 bits per heavy atom. The number of nitrogens with one attached hydrogen (secondary N) is 1. The van der Waals surface area contributed by atoms with Crippen LogP contribution >= 0.6 is 0 Å². The van der Waals surface area contributed by atoms with E-state index in [2.05, 4.69) is 12.2 Å². The third kappa shape index (κ3) is 7.46. The number of rotatable bonds is 9. The quantitative estimate of drug-likeness (QED) is 0.679. The van der Waals surface area contributed by atoms with Crippen molar-refractivity contribution in [1.29, 1.82) is 0 Å². The molecule has 0 aromatic carbocycles. The molecule has 1 fully saturated rings. The summed E-state index contributed by atoms with van der Waals surface area (Å²) in [7, 11) is 0. The number of nitrogens with zero attached hydrogens (tertiary/aromatic N) is 1. The van der Waals surface area contributed by atoms with Gasteiger partial charge >= 0.3 is 0 Å². The molecule has 0 aromatic heterocycles. The Kier molecular flexibility index (Phi) is 9.06. The fraction of sp³-hybridized carbons (Fsp3) is 0.875. The molecule has 1 heterocycles. The van der Waals surface area contributed by atoms with Crippen LogP contribution in [0.15, 0.2) is 0 Å². The summed E-state index contributed by atoms with van der Waals surface area (Å²) in [5.41, 5.74) is 5.55. The summed E-state index contributed by atoms with van der Waals surface area (Å²) in [5, 5.41) is 2.86. The van der Waals surface area contributed by atoms with E-state index in [4.69, 9.17) is 5.73 Å². The first-order chi connectivity index (χ1) is 10.2. The summed E-state index contributed by atoms with van der Waals surface area (Å²) in [5.74, 6) is 0.761. The first kappa shape index (κ1) is 18.0. The minimum absolute atomic E-state index is 0.0527. The smallest absolute Gasteiger partial charge is 0.224 e. The molecule has 0 spiro atoms. The van der Waals surface area contributed by atoms with Crippen LogP contribution in [0, 0.1) is 5.92 Å². The highest BCUT2D eigenvalue weighted by Gasteiger charge is 2.16. The van der Waals surface area contributed by atoms with Gasteiger partial charge in [-0.2, -0.15) is 0 Å². The maximum absolute atomic E-state index is 11.9. The van der Waals surface area contributed by atoms with Crippen molar-refractivity contribution < 1.29 is 9.59 Å². The predicted octanol–water partition coefficient (Wildman–Crippen LogP) is 1.66. The van der Waals surface area contributed by atoms with Gasteiger partial charge in [0.1, 0.15) is 0 Å². The molecule has 0 aromatic rings. The molecule has 0 aliphatic carbocycles. The fourth-order valence-corrected chi connectivity index (χ4v) is 2.82. The SMILES string of the molecule is CCC(CCN)CCC(=O)NCCC(=O)N1CCCCC1. The maximum atomic E-state index is 11.9. The van der Waals surface area contributed by atoms with Gasteiger partial charge in [0.25, 0.3) is 0 Å². The van der Waals surface area contributed by atoms with Crippen molar-refractivity contribution in [2.75, 3.05) is 26.2 Å². The lowest BCUT2D eigenvalue weighted by Gasteiger charge is -2.26.